The maximum atomic E-state index is 14.2. The van der Waals surface area contributed by atoms with Crippen LogP contribution in [-0.4, -0.2) is 17.3 Å². The lowest BCUT2D eigenvalue weighted by Crippen LogP contribution is -2.39. The third kappa shape index (κ3) is 2.14. The van der Waals surface area contributed by atoms with Gasteiger partial charge < -0.3 is 5.11 Å². The Morgan fingerprint density at radius 3 is 2.56 bits per heavy atom. The van der Waals surface area contributed by atoms with E-state index in [0.29, 0.717) is 18.4 Å². The summed E-state index contributed by atoms with van der Waals surface area (Å²) >= 11 is 1.42. The standard InChI is InChI=1S/C14H17FO2S/c1-18-11-7-5-6-10(15)12(11)14(13(16)17)8-3-2-4-9-14/h5-7H,2-4,8-9H2,1H3,(H,16,17). The summed E-state index contributed by atoms with van der Waals surface area (Å²) in [5.74, 6) is -1.27. The fourth-order valence-corrected chi connectivity index (χ4v) is 3.58. The van der Waals surface area contributed by atoms with Gasteiger partial charge in [-0.3, -0.25) is 4.79 Å². The van der Waals surface area contributed by atoms with Crippen LogP contribution in [0.25, 0.3) is 0 Å². The van der Waals surface area contributed by atoms with Crippen molar-refractivity contribution in [3.05, 3.63) is 29.6 Å². The van der Waals surface area contributed by atoms with Gasteiger partial charge in [-0.15, -0.1) is 11.8 Å². The van der Waals surface area contributed by atoms with Gasteiger partial charge in [0.25, 0.3) is 0 Å². The fraction of sp³-hybridized carbons (Fsp3) is 0.500. The van der Waals surface area contributed by atoms with Crippen LogP contribution in [-0.2, 0) is 10.2 Å². The van der Waals surface area contributed by atoms with E-state index in [9.17, 15) is 14.3 Å². The molecule has 1 aliphatic rings. The van der Waals surface area contributed by atoms with Crippen LogP contribution in [0, 0.1) is 5.82 Å². The van der Waals surface area contributed by atoms with Crippen molar-refractivity contribution in [1.82, 2.24) is 0 Å². The smallest absolute Gasteiger partial charge is 0.314 e. The third-order valence-corrected chi connectivity index (χ3v) is 4.57. The molecule has 0 amide bonds. The van der Waals surface area contributed by atoms with E-state index in [2.05, 4.69) is 0 Å². The number of hydrogen-bond acceptors (Lipinski definition) is 2. The van der Waals surface area contributed by atoms with Crippen molar-refractivity contribution >= 4 is 17.7 Å². The quantitative estimate of drug-likeness (QED) is 0.846. The number of halogens is 1. The maximum Gasteiger partial charge on any atom is 0.314 e. The summed E-state index contributed by atoms with van der Waals surface area (Å²) in [5.41, 5.74) is -0.633. The summed E-state index contributed by atoms with van der Waals surface area (Å²) in [6.07, 6.45) is 5.69. The molecule has 1 aromatic carbocycles. The Labute approximate surface area is 111 Å². The highest BCUT2D eigenvalue weighted by atomic mass is 32.2. The molecule has 0 radical (unpaired) electrons. The molecule has 98 valence electrons. The average molecular weight is 268 g/mol. The fourth-order valence-electron chi connectivity index (χ4n) is 2.86. The van der Waals surface area contributed by atoms with Gasteiger partial charge in [0.2, 0.25) is 0 Å². The normalized spacial score (nSPS) is 18.6. The van der Waals surface area contributed by atoms with Gasteiger partial charge in [-0.25, -0.2) is 4.39 Å². The van der Waals surface area contributed by atoms with Crippen LogP contribution in [0.4, 0.5) is 4.39 Å². The molecule has 0 spiro atoms. The van der Waals surface area contributed by atoms with Gasteiger partial charge in [0.05, 0.1) is 5.41 Å². The van der Waals surface area contributed by atoms with Gasteiger partial charge in [0.1, 0.15) is 5.82 Å². The number of aliphatic carboxylic acids is 1. The lowest BCUT2D eigenvalue weighted by atomic mass is 9.69. The first-order valence-corrected chi connectivity index (χ1v) is 7.40. The molecule has 0 atom stereocenters. The molecule has 18 heavy (non-hydrogen) atoms. The van der Waals surface area contributed by atoms with Crippen LogP contribution in [0.15, 0.2) is 23.1 Å². The predicted octanol–water partition coefficient (Wildman–Crippen LogP) is 3.83. The second kappa shape index (κ2) is 5.31. The largest absolute Gasteiger partial charge is 0.481 e. The summed E-state index contributed by atoms with van der Waals surface area (Å²) in [7, 11) is 0. The summed E-state index contributed by atoms with van der Waals surface area (Å²) in [6, 6.07) is 4.82. The van der Waals surface area contributed by atoms with Crippen molar-refractivity contribution < 1.29 is 14.3 Å². The molecule has 1 fully saturated rings. The molecule has 0 heterocycles. The molecule has 1 N–H and O–H groups in total. The van der Waals surface area contributed by atoms with E-state index in [4.69, 9.17) is 0 Å². The van der Waals surface area contributed by atoms with Crippen molar-refractivity contribution in [3.8, 4) is 0 Å². The van der Waals surface area contributed by atoms with E-state index in [1.165, 1.54) is 17.8 Å². The van der Waals surface area contributed by atoms with E-state index >= 15 is 0 Å². The van der Waals surface area contributed by atoms with Gasteiger partial charge in [0.15, 0.2) is 0 Å². The average Bonchev–Trinajstić information content (AvgIpc) is 2.39. The third-order valence-electron chi connectivity index (χ3n) is 3.79. The van der Waals surface area contributed by atoms with Gasteiger partial charge in [-0.05, 0) is 31.2 Å². The topological polar surface area (TPSA) is 37.3 Å². The van der Waals surface area contributed by atoms with Crippen LogP contribution in [0.5, 0.6) is 0 Å². The number of benzene rings is 1. The van der Waals surface area contributed by atoms with Crippen molar-refractivity contribution in [1.29, 1.82) is 0 Å². The molecule has 1 aromatic rings. The highest BCUT2D eigenvalue weighted by molar-refractivity contribution is 7.98. The first-order valence-electron chi connectivity index (χ1n) is 6.18. The minimum atomic E-state index is -1.03. The van der Waals surface area contributed by atoms with Crippen LogP contribution >= 0.6 is 11.8 Å². The first-order chi connectivity index (χ1) is 8.62. The molecular weight excluding hydrogens is 251 g/mol. The van der Waals surface area contributed by atoms with E-state index in [-0.39, 0.29) is 5.82 Å². The molecule has 2 nitrogen and oxygen atoms in total. The lowest BCUT2D eigenvalue weighted by Gasteiger charge is -2.35. The summed E-state index contributed by atoms with van der Waals surface area (Å²) in [5, 5.41) is 9.61. The number of thioether (sulfide) groups is 1. The minimum Gasteiger partial charge on any atom is -0.481 e. The zero-order valence-corrected chi connectivity index (χ0v) is 11.2. The number of carboxylic acids is 1. The Hall–Kier alpha value is -1.03. The Morgan fingerprint density at radius 1 is 1.33 bits per heavy atom. The Kier molecular flexibility index (Phi) is 3.95. The van der Waals surface area contributed by atoms with Gasteiger partial charge >= 0.3 is 5.97 Å². The van der Waals surface area contributed by atoms with Crippen molar-refractivity contribution in [2.45, 2.75) is 42.4 Å². The summed E-state index contributed by atoms with van der Waals surface area (Å²) in [6.45, 7) is 0. The molecule has 0 saturated heterocycles. The predicted molar refractivity (Wildman–Crippen MR) is 70.6 cm³/mol. The number of rotatable bonds is 3. The first kappa shape index (κ1) is 13.4. The lowest BCUT2D eigenvalue weighted by molar-refractivity contribution is -0.145. The summed E-state index contributed by atoms with van der Waals surface area (Å²) < 4.78 is 14.2. The Bertz CT molecular complexity index is 453. The molecule has 1 aliphatic carbocycles. The van der Waals surface area contributed by atoms with Gasteiger partial charge in [-0.1, -0.05) is 25.3 Å². The van der Waals surface area contributed by atoms with Gasteiger partial charge in [0, 0.05) is 10.5 Å². The molecule has 0 bridgehead atoms. The Balaban J connectivity index is 2.58. The van der Waals surface area contributed by atoms with Crippen LogP contribution < -0.4 is 0 Å². The second-order valence-corrected chi connectivity index (χ2v) is 5.61. The molecular formula is C14H17FO2S. The molecule has 1 saturated carbocycles. The van der Waals surface area contributed by atoms with Gasteiger partial charge in [-0.2, -0.15) is 0 Å². The van der Waals surface area contributed by atoms with E-state index in [0.717, 1.165) is 24.2 Å². The molecule has 4 heteroatoms. The SMILES string of the molecule is CSc1cccc(F)c1C1(C(=O)O)CCCCC1. The zero-order chi connectivity index (χ0) is 13.2. The van der Waals surface area contributed by atoms with Crippen LogP contribution in [0.3, 0.4) is 0 Å². The molecule has 0 aromatic heterocycles. The number of carboxylic acid groups (broad SMARTS) is 1. The van der Waals surface area contributed by atoms with E-state index in [1.54, 1.807) is 6.07 Å². The number of hydrogen-bond donors (Lipinski definition) is 1. The molecule has 2 rings (SSSR count). The molecule has 0 unspecified atom stereocenters. The Morgan fingerprint density at radius 2 is 2.00 bits per heavy atom. The second-order valence-electron chi connectivity index (χ2n) is 4.77. The zero-order valence-electron chi connectivity index (χ0n) is 10.4. The van der Waals surface area contributed by atoms with Crippen molar-refractivity contribution in [2.24, 2.45) is 0 Å². The highest BCUT2D eigenvalue weighted by Crippen LogP contribution is 2.44. The van der Waals surface area contributed by atoms with Crippen molar-refractivity contribution in [2.75, 3.05) is 6.26 Å². The highest BCUT2D eigenvalue weighted by Gasteiger charge is 2.44. The molecule has 0 aliphatic heterocycles. The van der Waals surface area contributed by atoms with Crippen molar-refractivity contribution in [3.63, 3.8) is 0 Å². The maximum absolute atomic E-state index is 14.2. The summed E-state index contributed by atoms with van der Waals surface area (Å²) in [4.78, 5) is 12.5. The van der Waals surface area contributed by atoms with Crippen LogP contribution in [0.2, 0.25) is 0 Å². The van der Waals surface area contributed by atoms with E-state index < -0.39 is 11.4 Å². The minimum absolute atomic E-state index is 0.383. The number of carbonyl (C=O) groups is 1. The monoisotopic (exact) mass is 268 g/mol. The van der Waals surface area contributed by atoms with E-state index in [1.807, 2.05) is 12.3 Å². The van der Waals surface area contributed by atoms with Crippen LogP contribution in [0.1, 0.15) is 37.7 Å².